The fraction of sp³-hybridized carbons (Fsp3) is 0.429. The molecule has 1 N–H and O–H groups in total. The maximum Gasteiger partial charge on any atom is 0.225 e. The molecule has 3 rings (SSSR count). The first-order valence-corrected chi connectivity index (χ1v) is 9.29. The zero-order chi connectivity index (χ0) is 19.2. The van der Waals surface area contributed by atoms with Crippen LogP contribution >= 0.6 is 0 Å². The van der Waals surface area contributed by atoms with Crippen LogP contribution in [0.15, 0.2) is 40.8 Å². The van der Waals surface area contributed by atoms with Gasteiger partial charge in [0.25, 0.3) is 0 Å². The van der Waals surface area contributed by atoms with E-state index < -0.39 is 0 Å². The molecule has 0 aliphatic carbocycles. The Bertz CT molecular complexity index is 782. The molecule has 1 fully saturated rings. The monoisotopic (exact) mass is 370 g/mol. The van der Waals surface area contributed by atoms with E-state index in [-0.39, 0.29) is 17.7 Å². The Labute approximate surface area is 159 Å². The van der Waals surface area contributed by atoms with Gasteiger partial charge in [0.15, 0.2) is 0 Å². The topological polar surface area (TPSA) is 71.8 Å². The zero-order valence-corrected chi connectivity index (χ0v) is 15.9. The summed E-state index contributed by atoms with van der Waals surface area (Å²) in [5.41, 5.74) is 1.14. The van der Waals surface area contributed by atoms with Gasteiger partial charge >= 0.3 is 0 Å². The van der Waals surface area contributed by atoms with Crippen molar-refractivity contribution in [3.05, 3.63) is 53.5 Å². The second-order valence-electron chi connectivity index (χ2n) is 6.90. The molecule has 1 aromatic carbocycles. The number of aryl methyl sites for hydroxylation is 1. The number of furan rings is 1. The highest BCUT2D eigenvalue weighted by molar-refractivity contribution is 5.83. The number of ether oxygens (including phenoxy) is 1. The molecule has 27 heavy (non-hydrogen) atoms. The number of benzene rings is 1. The van der Waals surface area contributed by atoms with Crippen molar-refractivity contribution in [3.63, 3.8) is 0 Å². The lowest BCUT2D eigenvalue weighted by atomic mass is 9.96. The van der Waals surface area contributed by atoms with Gasteiger partial charge in [-0.05, 0) is 49.6 Å². The van der Waals surface area contributed by atoms with Gasteiger partial charge in [-0.3, -0.25) is 9.59 Å². The van der Waals surface area contributed by atoms with E-state index in [2.05, 4.69) is 5.32 Å². The minimum atomic E-state index is -0.172. The van der Waals surface area contributed by atoms with Crippen LogP contribution in [0.25, 0.3) is 0 Å². The molecule has 2 aromatic rings. The lowest BCUT2D eigenvalue weighted by Gasteiger charge is -2.32. The van der Waals surface area contributed by atoms with E-state index in [0.29, 0.717) is 32.5 Å². The van der Waals surface area contributed by atoms with Crippen LogP contribution in [-0.4, -0.2) is 36.9 Å². The van der Waals surface area contributed by atoms with Crippen molar-refractivity contribution in [1.29, 1.82) is 0 Å². The van der Waals surface area contributed by atoms with Crippen molar-refractivity contribution in [1.82, 2.24) is 10.2 Å². The van der Waals surface area contributed by atoms with E-state index in [9.17, 15) is 9.59 Å². The fourth-order valence-corrected chi connectivity index (χ4v) is 3.30. The molecule has 0 bridgehead atoms. The van der Waals surface area contributed by atoms with Crippen LogP contribution in [0.5, 0.6) is 5.75 Å². The Kier molecular flexibility index (Phi) is 6.16. The van der Waals surface area contributed by atoms with Crippen LogP contribution < -0.4 is 10.1 Å². The highest BCUT2D eigenvalue weighted by Crippen LogP contribution is 2.19. The van der Waals surface area contributed by atoms with Crippen LogP contribution in [-0.2, 0) is 22.6 Å². The molecular formula is C21H26N2O4. The van der Waals surface area contributed by atoms with Gasteiger partial charge in [-0.1, -0.05) is 12.1 Å². The predicted molar refractivity (Wildman–Crippen MR) is 101 cm³/mol. The fourth-order valence-electron chi connectivity index (χ4n) is 3.30. The number of amides is 2. The van der Waals surface area contributed by atoms with Crippen molar-refractivity contribution in [3.8, 4) is 5.75 Å². The van der Waals surface area contributed by atoms with Crippen molar-refractivity contribution in [2.24, 2.45) is 5.92 Å². The number of piperidine rings is 1. The van der Waals surface area contributed by atoms with Gasteiger partial charge < -0.3 is 19.4 Å². The molecule has 144 valence electrons. The summed E-state index contributed by atoms with van der Waals surface area (Å²) in [6, 6.07) is 11.6. The summed E-state index contributed by atoms with van der Waals surface area (Å²) < 4.78 is 10.6. The Morgan fingerprint density at radius 2 is 2.04 bits per heavy atom. The third-order valence-electron chi connectivity index (χ3n) is 4.93. The number of hydrogen-bond donors (Lipinski definition) is 1. The van der Waals surface area contributed by atoms with Crippen LogP contribution in [0.1, 0.15) is 29.9 Å². The molecule has 1 saturated heterocycles. The summed E-state index contributed by atoms with van der Waals surface area (Å²) >= 11 is 0. The van der Waals surface area contributed by atoms with E-state index in [1.165, 1.54) is 0 Å². The van der Waals surface area contributed by atoms with Gasteiger partial charge in [-0.25, -0.2) is 0 Å². The van der Waals surface area contributed by atoms with Gasteiger partial charge in [0, 0.05) is 19.5 Å². The summed E-state index contributed by atoms with van der Waals surface area (Å²) in [5, 5.41) is 2.92. The maximum atomic E-state index is 12.5. The van der Waals surface area contributed by atoms with Gasteiger partial charge in [-0.15, -0.1) is 0 Å². The molecule has 6 heteroatoms. The van der Waals surface area contributed by atoms with E-state index in [0.717, 1.165) is 29.3 Å². The van der Waals surface area contributed by atoms with Crippen molar-refractivity contribution in [2.75, 3.05) is 20.2 Å². The lowest BCUT2D eigenvalue weighted by Crippen LogP contribution is -2.46. The molecule has 1 atom stereocenters. The molecular weight excluding hydrogens is 344 g/mol. The molecule has 2 heterocycles. The number of methoxy groups -OCH3 is 1. The van der Waals surface area contributed by atoms with Gasteiger partial charge in [0.1, 0.15) is 17.3 Å². The SMILES string of the molecule is COc1ccc(CCN2C[C@H](C(=O)NCc3ccc(C)o3)CCC2=O)cc1. The summed E-state index contributed by atoms with van der Waals surface area (Å²) in [4.78, 5) is 26.5. The largest absolute Gasteiger partial charge is 0.497 e. The van der Waals surface area contributed by atoms with Gasteiger partial charge in [-0.2, -0.15) is 0 Å². The molecule has 0 unspecified atom stereocenters. The number of hydrogen-bond acceptors (Lipinski definition) is 4. The molecule has 1 aromatic heterocycles. The maximum absolute atomic E-state index is 12.5. The molecule has 0 radical (unpaired) electrons. The summed E-state index contributed by atoms with van der Waals surface area (Å²) in [7, 11) is 1.64. The first-order chi connectivity index (χ1) is 13.0. The van der Waals surface area contributed by atoms with Crippen molar-refractivity contribution in [2.45, 2.75) is 32.7 Å². The van der Waals surface area contributed by atoms with Crippen LogP contribution in [0, 0.1) is 12.8 Å². The highest BCUT2D eigenvalue weighted by Gasteiger charge is 2.29. The van der Waals surface area contributed by atoms with E-state index >= 15 is 0 Å². The standard InChI is InChI=1S/C21H26N2O4/c1-15-3-7-19(27-15)13-22-21(25)17-6-10-20(24)23(14-17)12-11-16-4-8-18(26-2)9-5-16/h3-5,7-9,17H,6,10-14H2,1-2H3,(H,22,25)/t17-/m1/s1. The molecule has 2 amide bonds. The average molecular weight is 370 g/mol. The third-order valence-corrected chi connectivity index (χ3v) is 4.93. The number of carbonyl (C=O) groups excluding carboxylic acids is 2. The first kappa shape index (κ1) is 19.0. The van der Waals surface area contributed by atoms with Crippen LogP contribution in [0.3, 0.4) is 0 Å². The van der Waals surface area contributed by atoms with E-state index in [1.807, 2.05) is 43.3 Å². The minimum absolute atomic E-state index is 0.0222. The van der Waals surface area contributed by atoms with Crippen molar-refractivity contribution >= 4 is 11.8 Å². The highest BCUT2D eigenvalue weighted by atomic mass is 16.5. The Hall–Kier alpha value is -2.76. The second kappa shape index (κ2) is 8.75. The van der Waals surface area contributed by atoms with Gasteiger partial charge in [0.05, 0.1) is 19.6 Å². The average Bonchev–Trinajstić information content (AvgIpc) is 3.11. The Balaban J connectivity index is 1.50. The van der Waals surface area contributed by atoms with Crippen LogP contribution in [0.2, 0.25) is 0 Å². The first-order valence-electron chi connectivity index (χ1n) is 9.29. The normalized spacial score (nSPS) is 17.0. The Morgan fingerprint density at radius 3 is 2.70 bits per heavy atom. The van der Waals surface area contributed by atoms with Gasteiger partial charge in [0.2, 0.25) is 11.8 Å². The number of likely N-dealkylation sites (tertiary alicyclic amines) is 1. The number of nitrogens with zero attached hydrogens (tertiary/aromatic N) is 1. The third kappa shape index (κ3) is 5.12. The second-order valence-corrected chi connectivity index (χ2v) is 6.90. The quantitative estimate of drug-likeness (QED) is 0.813. The zero-order valence-electron chi connectivity index (χ0n) is 15.9. The Morgan fingerprint density at radius 1 is 1.26 bits per heavy atom. The number of rotatable bonds is 7. The lowest BCUT2D eigenvalue weighted by molar-refractivity contribution is -0.138. The number of nitrogens with one attached hydrogen (secondary N) is 1. The van der Waals surface area contributed by atoms with Crippen molar-refractivity contribution < 1.29 is 18.7 Å². The summed E-state index contributed by atoms with van der Waals surface area (Å²) in [5.74, 6) is 2.31. The smallest absolute Gasteiger partial charge is 0.225 e. The van der Waals surface area contributed by atoms with E-state index in [4.69, 9.17) is 9.15 Å². The number of carbonyl (C=O) groups is 2. The van der Waals surface area contributed by atoms with E-state index in [1.54, 1.807) is 12.0 Å². The minimum Gasteiger partial charge on any atom is -0.497 e. The molecule has 6 nitrogen and oxygen atoms in total. The molecule has 0 spiro atoms. The molecule has 1 aliphatic heterocycles. The van der Waals surface area contributed by atoms with Crippen LogP contribution in [0.4, 0.5) is 0 Å². The molecule has 0 saturated carbocycles. The predicted octanol–water partition coefficient (Wildman–Crippen LogP) is 2.69. The summed E-state index contributed by atoms with van der Waals surface area (Å²) in [6.07, 6.45) is 1.77. The molecule has 1 aliphatic rings. The summed E-state index contributed by atoms with van der Waals surface area (Å²) in [6.45, 7) is 3.34.